The molecule has 1 aromatic rings. The van der Waals surface area contributed by atoms with Crippen LogP contribution in [0.15, 0.2) is 16.5 Å². The first-order valence-electron chi connectivity index (χ1n) is 6.91. The number of hydrogen-bond donors (Lipinski definition) is 2. The molecule has 0 bridgehead atoms. The number of furan rings is 1. The second-order valence-corrected chi connectivity index (χ2v) is 5.25. The standard InChI is InChI=1S/C14H20N2O4/c1-10-3-2-7-16(8-6-10)14(19)15-9-11-4-5-12(20-11)13(17)18/h4-5,10H,2-3,6-9H2,1H3,(H,15,19)(H,17,18). The molecule has 1 atom stereocenters. The van der Waals surface area contributed by atoms with E-state index >= 15 is 0 Å². The molecule has 20 heavy (non-hydrogen) atoms. The van der Waals surface area contributed by atoms with Gasteiger partial charge in [0.25, 0.3) is 0 Å². The average Bonchev–Trinajstić information content (AvgIpc) is 2.79. The maximum atomic E-state index is 12.0. The van der Waals surface area contributed by atoms with Crippen LogP contribution in [0.2, 0.25) is 0 Å². The van der Waals surface area contributed by atoms with E-state index in [4.69, 9.17) is 9.52 Å². The number of carboxylic acids is 1. The Labute approximate surface area is 117 Å². The molecule has 2 N–H and O–H groups in total. The molecule has 2 amide bonds. The second-order valence-electron chi connectivity index (χ2n) is 5.25. The fraction of sp³-hybridized carbons (Fsp3) is 0.571. The molecule has 6 heteroatoms. The van der Waals surface area contributed by atoms with Crippen molar-refractivity contribution in [3.8, 4) is 0 Å². The number of nitrogens with zero attached hydrogens (tertiary/aromatic N) is 1. The fourth-order valence-corrected chi connectivity index (χ4v) is 2.33. The summed E-state index contributed by atoms with van der Waals surface area (Å²) in [4.78, 5) is 24.5. The molecule has 1 aliphatic heterocycles. The Bertz CT molecular complexity index is 483. The number of likely N-dealkylation sites (tertiary alicyclic amines) is 1. The van der Waals surface area contributed by atoms with E-state index in [9.17, 15) is 9.59 Å². The molecule has 1 fully saturated rings. The first-order chi connectivity index (χ1) is 9.56. The third kappa shape index (κ3) is 3.76. The smallest absolute Gasteiger partial charge is 0.371 e. The number of rotatable bonds is 3. The van der Waals surface area contributed by atoms with Crippen molar-refractivity contribution in [3.05, 3.63) is 23.7 Å². The SMILES string of the molecule is CC1CCCN(C(=O)NCc2ccc(C(=O)O)o2)CC1. The van der Waals surface area contributed by atoms with Crippen LogP contribution in [0, 0.1) is 5.92 Å². The van der Waals surface area contributed by atoms with Crippen LogP contribution in [0.1, 0.15) is 42.5 Å². The normalized spacial score (nSPS) is 19.4. The van der Waals surface area contributed by atoms with Gasteiger partial charge in [0, 0.05) is 13.1 Å². The number of amides is 2. The van der Waals surface area contributed by atoms with E-state index in [0.29, 0.717) is 11.7 Å². The summed E-state index contributed by atoms with van der Waals surface area (Å²) in [6, 6.07) is 2.83. The van der Waals surface area contributed by atoms with Gasteiger partial charge >= 0.3 is 12.0 Å². The van der Waals surface area contributed by atoms with Crippen molar-refractivity contribution in [2.45, 2.75) is 32.7 Å². The minimum atomic E-state index is -1.11. The first kappa shape index (κ1) is 14.4. The van der Waals surface area contributed by atoms with Crippen molar-refractivity contribution in [1.29, 1.82) is 0 Å². The Morgan fingerprint density at radius 3 is 2.90 bits per heavy atom. The van der Waals surface area contributed by atoms with Gasteiger partial charge in [-0.25, -0.2) is 9.59 Å². The van der Waals surface area contributed by atoms with Gasteiger partial charge in [-0.15, -0.1) is 0 Å². The summed E-state index contributed by atoms with van der Waals surface area (Å²) in [5, 5.41) is 11.5. The van der Waals surface area contributed by atoms with E-state index in [0.717, 1.165) is 32.4 Å². The average molecular weight is 280 g/mol. The third-order valence-corrected chi connectivity index (χ3v) is 3.59. The lowest BCUT2D eigenvalue weighted by molar-refractivity contribution is 0.0660. The molecule has 0 radical (unpaired) electrons. The van der Waals surface area contributed by atoms with Crippen molar-refractivity contribution < 1.29 is 19.1 Å². The third-order valence-electron chi connectivity index (χ3n) is 3.59. The van der Waals surface area contributed by atoms with Gasteiger partial charge in [0.15, 0.2) is 0 Å². The van der Waals surface area contributed by atoms with Crippen LogP contribution < -0.4 is 5.32 Å². The summed E-state index contributed by atoms with van der Waals surface area (Å²) in [6.45, 7) is 3.95. The maximum Gasteiger partial charge on any atom is 0.371 e. The topological polar surface area (TPSA) is 82.8 Å². The molecular weight excluding hydrogens is 260 g/mol. The fourth-order valence-electron chi connectivity index (χ4n) is 2.33. The van der Waals surface area contributed by atoms with Crippen LogP contribution in [0.25, 0.3) is 0 Å². The zero-order valence-electron chi connectivity index (χ0n) is 11.6. The Kier molecular flexibility index (Phi) is 4.65. The summed E-state index contributed by atoms with van der Waals surface area (Å²) >= 11 is 0. The van der Waals surface area contributed by atoms with Crippen molar-refractivity contribution in [3.63, 3.8) is 0 Å². The Morgan fingerprint density at radius 1 is 1.40 bits per heavy atom. The zero-order valence-corrected chi connectivity index (χ0v) is 11.6. The highest BCUT2D eigenvalue weighted by Crippen LogP contribution is 2.16. The number of hydrogen-bond acceptors (Lipinski definition) is 3. The van der Waals surface area contributed by atoms with E-state index in [-0.39, 0.29) is 18.3 Å². The number of nitrogens with one attached hydrogen (secondary N) is 1. The molecule has 2 rings (SSSR count). The lowest BCUT2D eigenvalue weighted by Crippen LogP contribution is -2.40. The molecule has 110 valence electrons. The summed E-state index contributed by atoms with van der Waals surface area (Å²) in [6.07, 6.45) is 3.21. The van der Waals surface area contributed by atoms with E-state index in [1.807, 2.05) is 4.90 Å². The van der Waals surface area contributed by atoms with Gasteiger partial charge in [-0.05, 0) is 37.3 Å². The molecular formula is C14H20N2O4. The number of carboxylic acid groups (broad SMARTS) is 1. The lowest BCUT2D eigenvalue weighted by Gasteiger charge is -2.20. The molecule has 0 aromatic carbocycles. The molecule has 1 aromatic heterocycles. The number of aromatic carboxylic acids is 1. The van der Waals surface area contributed by atoms with E-state index in [1.165, 1.54) is 6.07 Å². The molecule has 6 nitrogen and oxygen atoms in total. The van der Waals surface area contributed by atoms with Crippen LogP contribution in [0.4, 0.5) is 4.79 Å². The van der Waals surface area contributed by atoms with Gasteiger partial charge in [-0.2, -0.15) is 0 Å². The number of urea groups is 1. The van der Waals surface area contributed by atoms with Crippen molar-refractivity contribution in [2.24, 2.45) is 5.92 Å². The number of carbonyl (C=O) groups excluding carboxylic acids is 1. The quantitative estimate of drug-likeness (QED) is 0.890. The minimum absolute atomic E-state index is 0.113. The Morgan fingerprint density at radius 2 is 2.20 bits per heavy atom. The highest BCUT2D eigenvalue weighted by molar-refractivity contribution is 5.84. The van der Waals surface area contributed by atoms with Gasteiger partial charge in [0.2, 0.25) is 5.76 Å². The Balaban J connectivity index is 1.83. The van der Waals surface area contributed by atoms with Crippen LogP contribution >= 0.6 is 0 Å². The lowest BCUT2D eigenvalue weighted by atomic mass is 10.0. The van der Waals surface area contributed by atoms with Crippen LogP contribution in [0.3, 0.4) is 0 Å². The van der Waals surface area contributed by atoms with Gasteiger partial charge in [-0.3, -0.25) is 0 Å². The van der Waals surface area contributed by atoms with E-state index in [1.54, 1.807) is 6.07 Å². The molecule has 0 spiro atoms. The molecule has 1 unspecified atom stereocenters. The predicted molar refractivity (Wildman–Crippen MR) is 72.5 cm³/mol. The number of carbonyl (C=O) groups is 2. The van der Waals surface area contributed by atoms with Crippen LogP contribution in [-0.4, -0.2) is 35.1 Å². The van der Waals surface area contributed by atoms with Crippen molar-refractivity contribution in [1.82, 2.24) is 10.2 Å². The van der Waals surface area contributed by atoms with Gasteiger partial charge < -0.3 is 19.7 Å². The Hall–Kier alpha value is -1.98. The second kappa shape index (κ2) is 6.45. The summed E-state index contributed by atoms with van der Waals surface area (Å²) < 4.78 is 5.09. The minimum Gasteiger partial charge on any atom is -0.475 e. The molecule has 0 saturated carbocycles. The molecule has 2 heterocycles. The zero-order chi connectivity index (χ0) is 14.5. The highest BCUT2D eigenvalue weighted by Gasteiger charge is 2.18. The summed E-state index contributed by atoms with van der Waals surface area (Å²) in [7, 11) is 0. The monoisotopic (exact) mass is 280 g/mol. The molecule has 0 aliphatic carbocycles. The molecule has 1 aliphatic rings. The van der Waals surface area contributed by atoms with E-state index < -0.39 is 5.97 Å². The van der Waals surface area contributed by atoms with Crippen LogP contribution in [-0.2, 0) is 6.54 Å². The van der Waals surface area contributed by atoms with Crippen molar-refractivity contribution in [2.75, 3.05) is 13.1 Å². The van der Waals surface area contributed by atoms with Gasteiger partial charge in [0.1, 0.15) is 5.76 Å². The van der Waals surface area contributed by atoms with Crippen LogP contribution in [0.5, 0.6) is 0 Å². The predicted octanol–water partition coefficient (Wildman–Crippen LogP) is 2.31. The summed E-state index contributed by atoms with van der Waals surface area (Å²) in [5.41, 5.74) is 0. The van der Waals surface area contributed by atoms with Crippen molar-refractivity contribution >= 4 is 12.0 Å². The first-order valence-corrected chi connectivity index (χ1v) is 6.91. The molecule has 1 saturated heterocycles. The largest absolute Gasteiger partial charge is 0.475 e. The van der Waals surface area contributed by atoms with Gasteiger partial charge in [-0.1, -0.05) is 6.92 Å². The maximum absolute atomic E-state index is 12.0. The van der Waals surface area contributed by atoms with Gasteiger partial charge in [0.05, 0.1) is 6.54 Å². The summed E-state index contributed by atoms with van der Waals surface area (Å²) in [5.74, 6) is -0.114. The van der Waals surface area contributed by atoms with E-state index in [2.05, 4.69) is 12.2 Å². The highest BCUT2D eigenvalue weighted by atomic mass is 16.4.